The monoisotopic (exact) mass is 595 g/mol. The van der Waals surface area contributed by atoms with Crippen LogP contribution in [-0.2, 0) is 27.4 Å². The molecule has 1 aromatic heterocycles. The second-order valence-corrected chi connectivity index (χ2v) is 9.29. The Kier molecular flexibility index (Phi) is 12.3. The molecule has 2 saturated heterocycles. The first kappa shape index (κ1) is 33.8. The molecule has 0 radical (unpaired) electrons. The van der Waals surface area contributed by atoms with Gasteiger partial charge in [-0.3, -0.25) is 14.8 Å². The molecule has 0 aliphatic carbocycles. The van der Waals surface area contributed by atoms with E-state index in [-0.39, 0.29) is 5.60 Å². The molecule has 2 fully saturated rings. The number of likely N-dealkylation sites (tertiary alicyclic amines) is 1. The lowest BCUT2D eigenvalue weighted by atomic mass is 9.89. The molecule has 0 saturated carbocycles. The van der Waals surface area contributed by atoms with Crippen molar-refractivity contribution in [3.63, 3.8) is 0 Å². The zero-order chi connectivity index (χ0) is 30.7. The topological polar surface area (TPSA) is 112 Å². The average Bonchev–Trinajstić information content (AvgIpc) is 2.91. The molecular weight excluding hydrogens is 564 g/mol. The normalized spacial score (nSPS) is 17.4. The molecule has 15 heteroatoms. The first-order chi connectivity index (χ1) is 19.1. The number of carboxylic acids is 2. The standard InChI is InChI=1S/C22H29N3O2.2C2HF3O2/c1-26-21-7-5-19(6-8-21)16-24-12-9-22(10-13-24)18-25(14-15-27-22)17-20-4-2-3-11-23-20;2*3-2(4,5)1(6)7/h2-8,11H,9-10,12-18H2,1H3;2*(H,6,7). The van der Waals surface area contributed by atoms with Crippen molar-refractivity contribution >= 4 is 11.9 Å². The molecule has 2 aliphatic rings. The maximum Gasteiger partial charge on any atom is 0.490 e. The number of halogens is 6. The predicted molar refractivity (Wildman–Crippen MR) is 133 cm³/mol. The van der Waals surface area contributed by atoms with Gasteiger partial charge in [0.1, 0.15) is 5.75 Å². The van der Waals surface area contributed by atoms with E-state index in [0.29, 0.717) is 0 Å². The van der Waals surface area contributed by atoms with Crippen molar-refractivity contribution in [1.29, 1.82) is 0 Å². The zero-order valence-electron chi connectivity index (χ0n) is 22.1. The smallest absolute Gasteiger partial charge is 0.490 e. The van der Waals surface area contributed by atoms with Crippen molar-refractivity contribution in [2.75, 3.05) is 39.9 Å². The minimum Gasteiger partial charge on any atom is -0.497 e. The number of nitrogens with zero attached hydrogens (tertiary/aromatic N) is 3. The largest absolute Gasteiger partial charge is 0.497 e. The van der Waals surface area contributed by atoms with Gasteiger partial charge in [0.15, 0.2) is 0 Å². The molecular formula is C26H31F6N3O6. The molecule has 1 spiro atoms. The van der Waals surface area contributed by atoms with Gasteiger partial charge in [0, 0.05) is 45.5 Å². The number of aromatic nitrogens is 1. The number of methoxy groups -OCH3 is 1. The van der Waals surface area contributed by atoms with Crippen LogP contribution in [0.15, 0.2) is 48.7 Å². The van der Waals surface area contributed by atoms with Crippen molar-refractivity contribution in [1.82, 2.24) is 14.8 Å². The highest BCUT2D eigenvalue weighted by Crippen LogP contribution is 2.31. The van der Waals surface area contributed by atoms with Gasteiger partial charge in [0.05, 0.1) is 25.0 Å². The van der Waals surface area contributed by atoms with E-state index in [2.05, 4.69) is 39.0 Å². The van der Waals surface area contributed by atoms with E-state index in [4.69, 9.17) is 29.3 Å². The number of alkyl halides is 6. The van der Waals surface area contributed by atoms with Gasteiger partial charge in [-0.25, -0.2) is 9.59 Å². The van der Waals surface area contributed by atoms with Gasteiger partial charge in [-0.2, -0.15) is 26.3 Å². The summed E-state index contributed by atoms with van der Waals surface area (Å²) in [5, 5.41) is 14.2. The molecule has 9 nitrogen and oxygen atoms in total. The molecule has 2 aliphatic heterocycles. The Bertz CT molecular complexity index is 1070. The van der Waals surface area contributed by atoms with Crippen molar-refractivity contribution in [2.24, 2.45) is 0 Å². The number of morpholine rings is 1. The third kappa shape index (κ3) is 11.9. The zero-order valence-corrected chi connectivity index (χ0v) is 22.1. The molecule has 4 rings (SSSR count). The second-order valence-electron chi connectivity index (χ2n) is 9.29. The number of rotatable bonds is 5. The summed E-state index contributed by atoms with van der Waals surface area (Å²) in [5.74, 6) is -4.60. The molecule has 0 bridgehead atoms. The summed E-state index contributed by atoms with van der Waals surface area (Å²) in [6.45, 7) is 6.92. The van der Waals surface area contributed by atoms with Crippen LogP contribution in [0.3, 0.4) is 0 Å². The van der Waals surface area contributed by atoms with Crippen LogP contribution in [0.4, 0.5) is 26.3 Å². The number of carboxylic acid groups (broad SMARTS) is 2. The Morgan fingerprint density at radius 3 is 1.93 bits per heavy atom. The van der Waals surface area contributed by atoms with Crippen LogP contribution in [0.25, 0.3) is 0 Å². The van der Waals surface area contributed by atoms with E-state index >= 15 is 0 Å². The summed E-state index contributed by atoms with van der Waals surface area (Å²) >= 11 is 0. The lowest BCUT2D eigenvalue weighted by Crippen LogP contribution is -2.56. The summed E-state index contributed by atoms with van der Waals surface area (Å²) in [7, 11) is 1.71. The Hall–Kier alpha value is -3.43. The van der Waals surface area contributed by atoms with Gasteiger partial charge in [-0.05, 0) is 42.7 Å². The van der Waals surface area contributed by atoms with Crippen LogP contribution >= 0.6 is 0 Å². The lowest BCUT2D eigenvalue weighted by Gasteiger charge is -2.47. The molecule has 0 unspecified atom stereocenters. The molecule has 2 N–H and O–H groups in total. The fourth-order valence-corrected chi connectivity index (χ4v) is 4.19. The highest BCUT2D eigenvalue weighted by Gasteiger charge is 2.40. The second kappa shape index (κ2) is 15.0. The van der Waals surface area contributed by atoms with Gasteiger partial charge in [0.25, 0.3) is 0 Å². The van der Waals surface area contributed by atoms with Crippen LogP contribution in [0.2, 0.25) is 0 Å². The molecule has 228 valence electrons. The minimum absolute atomic E-state index is 0.0173. The fourth-order valence-electron chi connectivity index (χ4n) is 4.19. The summed E-state index contributed by atoms with van der Waals surface area (Å²) in [5.41, 5.74) is 2.50. The highest BCUT2D eigenvalue weighted by atomic mass is 19.4. The summed E-state index contributed by atoms with van der Waals surface area (Å²) in [6, 6.07) is 14.6. The predicted octanol–water partition coefficient (Wildman–Crippen LogP) is 4.22. The molecule has 3 heterocycles. The number of pyridine rings is 1. The van der Waals surface area contributed by atoms with Gasteiger partial charge in [0.2, 0.25) is 0 Å². The maximum atomic E-state index is 10.6. The Morgan fingerprint density at radius 2 is 1.46 bits per heavy atom. The van der Waals surface area contributed by atoms with Crippen molar-refractivity contribution in [3.8, 4) is 5.75 Å². The number of ether oxygens (including phenoxy) is 2. The van der Waals surface area contributed by atoms with Crippen molar-refractivity contribution in [3.05, 3.63) is 59.9 Å². The van der Waals surface area contributed by atoms with Crippen LogP contribution in [0.5, 0.6) is 5.75 Å². The van der Waals surface area contributed by atoms with E-state index < -0.39 is 24.3 Å². The van der Waals surface area contributed by atoms with E-state index in [1.807, 2.05) is 24.4 Å². The molecule has 41 heavy (non-hydrogen) atoms. The highest BCUT2D eigenvalue weighted by molar-refractivity contribution is 5.73. The third-order valence-corrected chi connectivity index (χ3v) is 6.26. The summed E-state index contributed by atoms with van der Waals surface area (Å²) in [4.78, 5) is 27.3. The van der Waals surface area contributed by atoms with Crippen molar-refractivity contribution < 1.29 is 55.6 Å². The van der Waals surface area contributed by atoms with Crippen LogP contribution in [0, 0.1) is 0 Å². The third-order valence-electron chi connectivity index (χ3n) is 6.26. The maximum absolute atomic E-state index is 10.6. The quantitative estimate of drug-likeness (QED) is 0.491. The summed E-state index contributed by atoms with van der Waals surface area (Å²) in [6.07, 6.45) is -6.09. The number of piperidine rings is 1. The number of hydrogen-bond donors (Lipinski definition) is 2. The average molecular weight is 596 g/mol. The molecule has 0 atom stereocenters. The number of benzene rings is 1. The van der Waals surface area contributed by atoms with Crippen LogP contribution in [-0.4, -0.2) is 94.8 Å². The first-order valence-electron chi connectivity index (χ1n) is 12.4. The summed E-state index contributed by atoms with van der Waals surface area (Å²) < 4.78 is 75.0. The number of hydrogen-bond acceptors (Lipinski definition) is 7. The first-order valence-corrected chi connectivity index (χ1v) is 12.4. The van der Waals surface area contributed by atoms with Gasteiger partial charge in [-0.15, -0.1) is 0 Å². The Morgan fingerprint density at radius 1 is 0.902 bits per heavy atom. The number of aliphatic carboxylic acids is 2. The number of carbonyl (C=O) groups is 2. The van der Waals surface area contributed by atoms with Crippen LogP contribution < -0.4 is 4.74 Å². The minimum atomic E-state index is -5.08. The van der Waals surface area contributed by atoms with Crippen LogP contribution in [0.1, 0.15) is 24.1 Å². The molecule has 1 aromatic carbocycles. The van der Waals surface area contributed by atoms with E-state index in [0.717, 1.165) is 70.2 Å². The fraction of sp³-hybridized carbons (Fsp3) is 0.500. The SMILES string of the molecule is COc1ccc(CN2CCC3(CC2)CN(Cc2ccccn2)CCO3)cc1.O=C(O)C(F)(F)F.O=C(O)C(F)(F)F. The lowest BCUT2D eigenvalue weighted by molar-refractivity contribution is -0.193. The van der Waals surface area contributed by atoms with E-state index in [1.165, 1.54) is 5.56 Å². The van der Waals surface area contributed by atoms with Crippen molar-refractivity contribution in [2.45, 2.75) is 43.9 Å². The van der Waals surface area contributed by atoms with E-state index in [1.54, 1.807) is 7.11 Å². The Labute approximate surface area is 232 Å². The Balaban J connectivity index is 0.000000349. The van der Waals surface area contributed by atoms with Gasteiger partial charge < -0.3 is 19.7 Å². The van der Waals surface area contributed by atoms with Gasteiger partial charge in [-0.1, -0.05) is 18.2 Å². The molecule has 0 amide bonds. The molecule has 2 aromatic rings. The van der Waals surface area contributed by atoms with Gasteiger partial charge >= 0.3 is 24.3 Å². The van der Waals surface area contributed by atoms with E-state index in [9.17, 15) is 26.3 Å².